The molecule has 0 saturated heterocycles. The smallest absolute Gasteiger partial charge is 0.0441 e. The lowest BCUT2D eigenvalue weighted by Gasteiger charge is -2.32. The van der Waals surface area contributed by atoms with Gasteiger partial charge in [0.1, 0.15) is 0 Å². The quantitative estimate of drug-likeness (QED) is 0.599. The molecule has 0 aromatic heterocycles. The molecule has 0 spiro atoms. The number of hydrogen-bond acceptors (Lipinski definition) is 2. The average Bonchev–Trinajstić information content (AvgIpc) is 2.80. The van der Waals surface area contributed by atoms with E-state index in [9.17, 15) is 0 Å². The molecule has 1 N–H and O–H groups in total. The Labute approximate surface area is 68.1 Å². The van der Waals surface area contributed by atoms with Crippen LogP contribution in [-0.4, -0.2) is 11.8 Å². The summed E-state index contributed by atoms with van der Waals surface area (Å²) >= 11 is 0. The van der Waals surface area contributed by atoms with Gasteiger partial charge in [0.15, 0.2) is 0 Å². The van der Waals surface area contributed by atoms with E-state index in [1.807, 2.05) is 0 Å². The minimum atomic E-state index is 0.714. The zero-order chi connectivity index (χ0) is 7.84. The normalized spacial score (nSPS) is 40.4. The average molecular weight is 152 g/mol. The van der Waals surface area contributed by atoms with Gasteiger partial charge in [0, 0.05) is 11.8 Å². The highest BCUT2D eigenvalue weighted by molar-refractivity contribution is 5.92. The van der Waals surface area contributed by atoms with E-state index in [4.69, 9.17) is 0 Å². The zero-order valence-corrected chi connectivity index (χ0v) is 7.30. The zero-order valence-electron chi connectivity index (χ0n) is 7.30. The molecule has 0 bridgehead atoms. The van der Waals surface area contributed by atoms with Gasteiger partial charge in [-0.25, -0.2) is 0 Å². The lowest BCUT2D eigenvalue weighted by Crippen LogP contribution is -2.34. The summed E-state index contributed by atoms with van der Waals surface area (Å²) in [4.78, 5) is 0. The third-order valence-corrected chi connectivity index (χ3v) is 2.88. The van der Waals surface area contributed by atoms with Gasteiger partial charge < -0.3 is 5.43 Å². The van der Waals surface area contributed by atoms with Crippen LogP contribution in [-0.2, 0) is 0 Å². The first-order chi connectivity index (χ1) is 5.27. The molecule has 2 heteroatoms. The van der Waals surface area contributed by atoms with E-state index in [2.05, 4.69) is 24.4 Å². The molecular weight excluding hydrogens is 136 g/mol. The molecule has 2 atom stereocenters. The van der Waals surface area contributed by atoms with Crippen molar-refractivity contribution in [2.75, 3.05) is 0 Å². The van der Waals surface area contributed by atoms with Crippen molar-refractivity contribution in [2.24, 2.45) is 16.9 Å². The van der Waals surface area contributed by atoms with Gasteiger partial charge in [0.25, 0.3) is 0 Å². The van der Waals surface area contributed by atoms with Crippen LogP contribution in [0.3, 0.4) is 0 Å². The van der Waals surface area contributed by atoms with Crippen LogP contribution in [0.5, 0.6) is 0 Å². The molecule has 0 aromatic carbocycles. The van der Waals surface area contributed by atoms with Crippen molar-refractivity contribution in [1.29, 1.82) is 0 Å². The highest BCUT2D eigenvalue weighted by Gasteiger charge is 2.30. The Morgan fingerprint density at radius 2 is 2.09 bits per heavy atom. The lowest BCUT2D eigenvalue weighted by atomic mass is 9.74. The Bertz CT molecular complexity index is 182. The van der Waals surface area contributed by atoms with E-state index >= 15 is 0 Å². The summed E-state index contributed by atoms with van der Waals surface area (Å²) in [5.74, 6) is 1.58. The Hall–Kier alpha value is -0.530. The summed E-state index contributed by atoms with van der Waals surface area (Å²) in [5.41, 5.74) is 4.58. The lowest BCUT2D eigenvalue weighted by molar-refractivity contribution is 0.413. The van der Waals surface area contributed by atoms with Crippen molar-refractivity contribution in [3.05, 3.63) is 0 Å². The molecule has 0 aliphatic heterocycles. The molecule has 2 unspecified atom stereocenters. The number of hydrazone groups is 1. The van der Waals surface area contributed by atoms with Gasteiger partial charge in [-0.15, -0.1) is 0 Å². The Balaban J connectivity index is 1.80. The second-order valence-corrected chi connectivity index (χ2v) is 3.98. The van der Waals surface area contributed by atoms with Crippen molar-refractivity contribution < 1.29 is 0 Å². The largest absolute Gasteiger partial charge is 0.307 e. The van der Waals surface area contributed by atoms with Crippen LogP contribution < -0.4 is 5.43 Å². The van der Waals surface area contributed by atoms with E-state index in [0.717, 1.165) is 11.8 Å². The summed E-state index contributed by atoms with van der Waals surface area (Å²) in [6.07, 6.45) is 3.85. The second kappa shape index (κ2) is 2.50. The fourth-order valence-corrected chi connectivity index (χ4v) is 1.39. The maximum Gasteiger partial charge on any atom is 0.0441 e. The number of nitrogens with zero attached hydrogens (tertiary/aromatic N) is 1. The van der Waals surface area contributed by atoms with E-state index < -0.39 is 0 Å². The summed E-state index contributed by atoms with van der Waals surface area (Å²) in [6, 6.07) is 0.714. The van der Waals surface area contributed by atoms with E-state index in [1.165, 1.54) is 25.0 Å². The van der Waals surface area contributed by atoms with Crippen molar-refractivity contribution >= 4 is 5.71 Å². The Morgan fingerprint density at radius 1 is 1.36 bits per heavy atom. The molecular formula is C9H16N2. The first kappa shape index (κ1) is 7.14. The van der Waals surface area contributed by atoms with Crippen LogP contribution in [0.15, 0.2) is 5.10 Å². The van der Waals surface area contributed by atoms with Crippen LogP contribution >= 0.6 is 0 Å². The van der Waals surface area contributed by atoms with Crippen molar-refractivity contribution in [3.63, 3.8) is 0 Å². The summed E-state index contributed by atoms with van der Waals surface area (Å²) in [6.45, 7) is 4.56. The van der Waals surface area contributed by atoms with Gasteiger partial charge in [-0.1, -0.05) is 13.8 Å². The van der Waals surface area contributed by atoms with Crippen LogP contribution in [0, 0.1) is 11.8 Å². The molecule has 2 aliphatic rings. The molecule has 0 heterocycles. The Morgan fingerprint density at radius 3 is 2.55 bits per heavy atom. The first-order valence-corrected chi connectivity index (χ1v) is 4.59. The molecule has 0 radical (unpaired) electrons. The van der Waals surface area contributed by atoms with Crippen molar-refractivity contribution in [1.82, 2.24) is 5.43 Å². The maximum absolute atomic E-state index is 4.39. The Kier molecular flexibility index (Phi) is 1.63. The highest BCUT2D eigenvalue weighted by atomic mass is 15.3. The fourth-order valence-electron chi connectivity index (χ4n) is 1.39. The monoisotopic (exact) mass is 152 g/mol. The minimum absolute atomic E-state index is 0.714. The van der Waals surface area contributed by atoms with E-state index in [1.54, 1.807) is 0 Å². The molecule has 2 saturated carbocycles. The van der Waals surface area contributed by atoms with Crippen LogP contribution in [0.4, 0.5) is 0 Å². The molecule has 2 nitrogen and oxygen atoms in total. The number of rotatable bonds is 2. The van der Waals surface area contributed by atoms with Crippen molar-refractivity contribution in [3.8, 4) is 0 Å². The van der Waals surface area contributed by atoms with E-state index in [0.29, 0.717) is 6.04 Å². The highest BCUT2D eigenvalue weighted by Crippen LogP contribution is 2.30. The van der Waals surface area contributed by atoms with E-state index in [-0.39, 0.29) is 0 Å². The third-order valence-electron chi connectivity index (χ3n) is 2.88. The topological polar surface area (TPSA) is 24.4 Å². The van der Waals surface area contributed by atoms with Crippen LogP contribution in [0.2, 0.25) is 0 Å². The van der Waals surface area contributed by atoms with Gasteiger partial charge in [0.2, 0.25) is 0 Å². The molecule has 2 fully saturated rings. The summed E-state index contributed by atoms with van der Waals surface area (Å²) in [7, 11) is 0. The fraction of sp³-hybridized carbons (Fsp3) is 0.889. The summed E-state index contributed by atoms with van der Waals surface area (Å²) < 4.78 is 0. The molecule has 62 valence electrons. The van der Waals surface area contributed by atoms with Crippen LogP contribution in [0.25, 0.3) is 0 Å². The molecule has 0 amide bonds. The van der Waals surface area contributed by atoms with Gasteiger partial charge in [-0.2, -0.15) is 5.10 Å². The van der Waals surface area contributed by atoms with Gasteiger partial charge in [-0.3, -0.25) is 0 Å². The van der Waals surface area contributed by atoms with Crippen LogP contribution in [0.1, 0.15) is 33.1 Å². The molecule has 2 rings (SSSR count). The predicted molar refractivity (Wildman–Crippen MR) is 46.5 cm³/mol. The summed E-state index contributed by atoms with van der Waals surface area (Å²) in [5, 5.41) is 4.39. The second-order valence-electron chi connectivity index (χ2n) is 3.98. The first-order valence-electron chi connectivity index (χ1n) is 4.59. The van der Waals surface area contributed by atoms with Crippen molar-refractivity contribution in [2.45, 2.75) is 39.2 Å². The van der Waals surface area contributed by atoms with Gasteiger partial charge in [0.05, 0.1) is 0 Å². The van der Waals surface area contributed by atoms with Gasteiger partial charge >= 0.3 is 0 Å². The number of hydrogen-bond donors (Lipinski definition) is 1. The number of nitrogens with one attached hydrogen (secondary N) is 1. The molecule has 11 heavy (non-hydrogen) atoms. The molecule has 0 aromatic rings. The predicted octanol–water partition coefficient (Wildman–Crippen LogP) is 1.77. The SMILES string of the molecule is CC1C/C(=N\NC2CC2)C1C. The third kappa shape index (κ3) is 1.39. The maximum atomic E-state index is 4.39. The van der Waals surface area contributed by atoms with Gasteiger partial charge in [-0.05, 0) is 31.1 Å². The standard InChI is InChI=1S/C9H16N2/c1-6-5-9(7(6)2)11-10-8-3-4-8/h6-8,10H,3-5H2,1-2H3/b11-9+. The molecule has 2 aliphatic carbocycles. The minimum Gasteiger partial charge on any atom is -0.307 e.